The van der Waals surface area contributed by atoms with Crippen LogP contribution >= 0.6 is 11.8 Å². The van der Waals surface area contributed by atoms with E-state index in [1.807, 2.05) is 7.05 Å². The molecule has 1 fully saturated rings. The fraction of sp³-hybridized carbons (Fsp3) is 0.923. The molecule has 0 radical (unpaired) electrons. The maximum atomic E-state index is 5.94. The molecule has 0 saturated heterocycles. The minimum atomic E-state index is 0.372. The van der Waals surface area contributed by atoms with Crippen LogP contribution in [0.15, 0.2) is 5.16 Å². The van der Waals surface area contributed by atoms with E-state index in [9.17, 15) is 0 Å². The summed E-state index contributed by atoms with van der Waals surface area (Å²) in [6, 6.07) is 0. The Hall–Kier alpha value is -0.620. The predicted octanol–water partition coefficient (Wildman–Crippen LogP) is 2.09. The molecule has 0 aromatic carbocycles. The van der Waals surface area contributed by atoms with E-state index < -0.39 is 0 Å². The van der Waals surface area contributed by atoms with Gasteiger partial charge < -0.3 is 5.73 Å². The van der Waals surface area contributed by atoms with E-state index in [-0.39, 0.29) is 0 Å². The number of rotatable bonds is 3. The van der Waals surface area contributed by atoms with Gasteiger partial charge in [-0.25, -0.2) is 4.68 Å². The minimum Gasteiger partial charge on any atom is -0.330 e. The Morgan fingerprint density at radius 3 is 2.63 bits per heavy atom. The third-order valence-electron chi connectivity index (χ3n) is 4.29. The van der Waals surface area contributed by atoms with E-state index in [4.69, 9.17) is 5.73 Å². The molecular formula is C13H25N5S. The molecule has 19 heavy (non-hydrogen) atoms. The number of nitrogens with zero attached hydrogens (tertiary/aromatic N) is 4. The van der Waals surface area contributed by atoms with Gasteiger partial charge in [0.25, 0.3) is 0 Å². The highest BCUT2D eigenvalue weighted by molar-refractivity contribution is 7.99. The molecule has 1 heterocycles. The fourth-order valence-electron chi connectivity index (χ4n) is 2.85. The number of nitrogens with two attached hydrogens (primary N) is 1. The van der Waals surface area contributed by atoms with Gasteiger partial charge in [0.15, 0.2) is 0 Å². The zero-order valence-corrected chi connectivity index (χ0v) is 13.2. The molecule has 0 spiro atoms. The maximum absolute atomic E-state index is 5.94. The van der Waals surface area contributed by atoms with Gasteiger partial charge in [-0.05, 0) is 53.5 Å². The molecule has 5 nitrogen and oxygen atoms in total. The number of aryl methyl sites for hydroxylation is 1. The molecule has 0 amide bonds. The first-order chi connectivity index (χ1) is 8.91. The summed E-state index contributed by atoms with van der Waals surface area (Å²) in [6.45, 7) is 7.78. The SMILES string of the molecule is Cn1nnnc1SC1CC(C(C)(C)C)CCC1CN. The lowest BCUT2D eigenvalue weighted by Crippen LogP contribution is -2.36. The van der Waals surface area contributed by atoms with Crippen molar-refractivity contribution < 1.29 is 0 Å². The van der Waals surface area contributed by atoms with Gasteiger partial charge in [-0.2, -0.15) is 0 Å². The van der Waals surface area contributed by atoms with E-state index in [0.717, 1.165) is 17.6 Å². The van der Waals surface area contributed by atoms with E-state index >= 15 is 0 Å². The van der Waals surface area contributed by atoms with Crippen LogP contribution in [0.2, 0.25) is 0 Å². The zero-order chi connectivity index (χ0) is 14.0. The van der Waals surface area contributed by atoms with Crippen molar-refractivity contribution in [2.75, 3.05) is 6.54 Å². The van der Waals surface area contributed by atoms with Gasteiger partial charge >= 0.3 is 0 Å². The van der Waals surface area contributed by atoms with Crippen LogP contribution in [0, 0.1) is 17.3 Å². The van der Waals surface area contributed by atoms with Crippen molar-refractivity contribution in [3.8, 4) is 0 Å². The highest BCUT2D eigenvalue weighted by Gasteiger charge is 2.36. The van der Waals surface area contributed by atoms with Gasteiger partial charge in [-0.3, -0.25) is 0 Å². The van der Waals surface area contributed by atoms with Crippen LogP contribution in [0.3, 0.4) is 0 Å². The molecule has 3 unspecified atom stereocenters. The highest BCUT2D eigenvalue weighted by Crippen LogP contribution is 2.44. The van der Waals surface area contributed by atoms with Gasteiger partial charge in [-0.1, -0.05) is 32.5 Å². The lowest BCUT2D eigenvalue weighted by atomic mass is 9.69. The zero-order valence-electron chi connectivity index (χ0n) is 12.3. The summed E-state index contributed by atoms with van der Waals surface area (Å²) in [6.07, 6.45) is 3.73. The Kier molecular flexibility index (Phi) is 4.50. The van der Waals surface area contributed by atoms with Crippen LogP contribution in [-0.2, 0) is 7.05 Å². The second kappa shape index (κ2) is 5.79. The summed E-state index contributed by atoms with van der Waals surface area (Å²) in [5.74, 6) is 1.34. The average molecular weight is 283 g/mol. The lowest BCUT2D eigenvalue weighted by molar-refractivity contribution is 0.157. The molecule has 2 rings (SSSR count). The Morgan fingerprint density at radius 2 is 2.11 bits per heavy atom. The van der Waals surface area contributed by atoms with Crippen LogP contribution < -0.4 is 5.73 Å². The van der Waals surface area contributed by atoms with E-state index in [0.29, 0.717) is 16.6 Å². The monoisotopic (exact) mass is 283 g/mol. The van der Waals surface area contributed by atoms with Gasteiger partial charge in [0, 0.05) is 12.3 Å². The largest absolute Gasteiger partial charge is 0.330 e. The van der Waals surface area contributed by atoms with Gasteiger partial charge in [0.05, 0.1) is 0 Å². The number of tetrazole rings is 1. The molecule has 1 aliphatic carbocycles. The minimum absolute atomic E-state index is 0.372. The first-order valence-corrected chi connectivity index (χ1v) is 7.89. The Labute approximate surface area is 119 Å². The standard InChI is InChI=1S/C13H25N5S/c1-13(2,3)10-6-5-9(8-14)11(7-10)19-12-15-16-17-18(12)4/h9-11H,5-8,14H2,1-4H3. The van der Waals surface area contributed by atoms with Gasteiger partial charge in [0.1, 0.15) is 0 Å². The summed E-state index contributed by atoms with van der Waals surface area (Å²) < 4.78 is 1.75. The van der Waals surface area contributed by atoms with Crippen LogP contribution in [0.1, 0.15) is 40.0 Å². The molecule has 2 N–H and O–H groups in total. The summed E-state index contributed by atoms with van der Waals surface area (Å²) in [5.41, 5.74) is 6.31. The normalized spacial score (nSPS) is 28.6. The Balaban J connectivity index is 2.08. The Morgan fingerprint density at radius 1 is 1.37 bits per heavy atom. The second-order valence-electron chi connectivity index (χ2n) is 6.61. The molecule has 1 saturated carbocycles. The molecule has 0 bridgehead atoms. The molecule has 6 heteroatoms. The summed E-state index contributed by atoms with van der Waals surface area (Å²) in [5, 5.41) is 13.1. The van der Waals surface area contributed by atoms with Crippen molar-refractivity contribution in [1.82, 2.24) is 20.2 Å². The van der Waals surface area contributed by atoms with Crippen molar-refractivity contribution >= 4 is 11.8 Å². The molecular weight excluding hydrogens is 258 g/mol. The third-order valence-corrected chi connectivity index (χ3v) is 5.73. The first kappa shape index (κ1) is 14.8. The van der Waals surface area contributed by atoms with Crippen molar-refractivity contribution in [2.24, 2.45) is 30.0 Å². The van der Waals surface area contributed by atoms with E-state index in [2.05, 4.69) is 36.3 Å². The van der Waals surface area contributed by atoms with Crippen LogP contribution in [0.25, 0.3) is 0 Å². The van der Waals surface area contributed by atoms with Gasteiger partial charge in [0.2, 0.25) is 5.16 Å². The smallest absolute Gasteiger partial charge is 0.209 e. The van der Waals surface area contributed by atoms with Crippen molar-refractivity contribution in [1.29, 1.82) is 0 Å². The number of thioether (sulfide) groups is 1. The maximum Gasteiger partial charge on any atom is 0.209 e. The average Bonchev–Trinajstić information content (AvgIpc) is 2.74. The molecule has 1 aliphatic rings. The van der Waals surface area contributed by atoms with E-state index in [1.54, 1.807) is 16.4 Å². The van der Waals surface area contributed by atoms with Crippen molar-refractivity contribution in [3.05, 3.63) is 0 Å². The second-order valence-corrected chi connectivity index (χ2v) is 7.82. The molecule has 1 aromatic rings. The lowest BCUT2D eigenvalue weighted by Gasteiger charge is -2.41. The quantitative estimate of drug-likeness (QED) is 0.920. The van der Waals surface area contributed by atoms with Crippen LogP contribution in [-0.4, -0.2) is 32.0 Å². The number of aromatic nitrogens is 4. The molecule has 1 aromatic heterocycles. The highest BCUT2D eigenvalue weighted by atomic mass is 32.2. The third kappa shape index (κ3) is 3.48. The van der Waals surface area contributed by atoms with Crippen molar-refractivity contribution in [2.45, 2.75) is 50.4 Å². The predicted molar refractivity (Wildman–Crippen MR) is 77.8 cm³/mol. The summed E-state index contributed by atoms with van der Waals surface area (Å²) >= 11 is 1.80. The topological polar surface area (TPSA) is 69.6 Å². The molecule has 3 atom stereocenters. The fourth-order valence-corrected chi connectivity index (χ4v) is 4.16. The van der Waals surface area contributed by atoms with Gasteiger partial charge in [-0.15, -0.1) is 5.10 Å². The first-order valence-electron chi connectivity index (χ1n) is 7.01. The Bertz CT molecular complexity index is 411. The number of hydrogen-bond acceptors (Lipinski definition) is 5. The molecule has 108 valence electrons. The molecule has 0 aliphatic heterocycles. The van der Waals surface area contributed by atoms with Crippen LogP contribution in [0.5, 0.6) is 0 Å². The summed E-state index contributed by atoms with van der Waals surface area (Å²) in [7, 11) is 1.89. The van der Waals surface area contributed by atoms with Crippen molar-refractivity contribution in [3.63, 3.8) is 0 Å². The summed E-state index contributed by atoms with van der Waals surface area (Å²) in [4.78, 5) is 0. The van der Waals surface area contributed by atoms with Crippen LogP contribution in [0.4, 0.5) is 0 Å². The van der Waals surface area contributed by atoms with E-state index in [1.165, 1.54) is 19.3 Å². The number of hydrogen-bond donors (Lipinski definition) is 1.